The van der Waals surface area contributed by atoms with Crippen LogP contribution in [0.2, 0.25) is 0 Å². The number of anilines is 1. The van der Waals surface area contributed by atoms with Gasteiger partial charge < -0.3 is 0 Å². The average Bonchev–Trinajstić information content (AvgIpc) is 3.06. The van der Waals surface area contributed by atoms with Gasteiger partial charge >= 0.3 is 0 Å². The minimum Gasteiger partial charge on any atom is -0.291 e. The van der Waals surface area contributed by atoms with E-state index in [9.17, 15) is 14.4 Å². The molecular formula is C24H23N3O3S. The smallest absolute Gasteiger partial charge is 0.253 e. The van der Waals surface area contributed by atoms with Gasteiger partial charge in [0.05, 0.1) is 12.1 Å². The van der Waals surface area contributed by atoms with Gasteiger partial charge in [0, 0.05) is 17.1 Å². The number of hydrazine groups is 1. The van der Waals surface area contributed by atoms with Crippen molar-refractivity contribution in [1.82, 2.24) is 10.9 Å². The molecule has 1 saturated heterocycles. The van der Waals surface area contributed by atoms with Gasteiger partial charge in [-0.2, -0.15) is 0 Å². The maximum atomic E-state index is 12.8. The largest absolute Gasteiger partial charge is 0.291 e. The van der Waals surface area contributed by atoms with Crippen molar-refractivity contribution < 1.29 is 14.4 Å². The molecule has 1 atom stereocenters. The number of carbonyl (C=O) groups is 3. The Morgan fingerprint density at radius 3 is 2.55 bits per heavy atom. The van der Waals surface area contributed by atoms with E-state index in [0.717, 1.165) is 15.7 Å². The van der Waals surface area contributed by atoms with Gasteiger partial charge in [-0.15, -0.1) is 11.8 Å². The topological polar surface area (TPSA) is 78.5 Å². The first-order valence-corrected chi connectivity index (χ1v) is 11.1. The highest BCUT2D eigenvalue weighted by molar-refractivity contribution is 7.99. The van der Waals surface area contributed by atoms with Crippen LogP contribution >= 0.6 is 11.8 Å². The summed E-state index contributed by atoms with van der Waals surface area (Å²) in [6.45, 7) is 2.03. The molecule has 0 aliphatic carbocycles. The number of nitrogens with one attached hydrogen (secondary N) is 2. The Kier molecular flexibility index (Phi) is 6.34. The lowest BCUT2D eigenvalue weighted by atomic mass is 10.1. The van der Waals surface area contributed by atoms with Gasteiger partial charge in [0.2, 0.25) is 11.8 Å². The van der Waals surface area contributed by atoms with Crippen LogP contribution in [0.1, 0.15) is 18.4 Å². The van der Waals surface area contributed by atoms with Crippen molar-refractivity contribution in [2.75, 3.05) is 10.7 Å². The molecule has 3 aromatic rings. The number of aryl methyl sites for hydroxylation is 1. The first-order chi connectivity index (χ1) is 15.0. The molecule has 1 unspecified atom stereocenters. The van der Waals surface area contributed by atoms with Gasteiger partial charge in [-0.1, -0.05) is 48.0 Å². The average molecular weight is 434 g/mol. The molecule has 6 nitrogen and oxygen atoms in total. The number of benzene rings is 3. The summed E-state index contributed by atoms with van der Waals surface area (Å²) in [5.41, 5.74) is 7.04. The second-order valence-corrected chi connectivity index (χ2v) is 8.63. The fraction of sp³-hybridized carbons (Fsp3) is 0.208. The molecule has 2 N–H and O–H groups in total. The van der Waals surface area contributed by atoms with Crippen molar-refractivity contribution in [3.8, 4) is 0 Å². The summed E-state index contributed by atoms with van der Waals surface area (Å²) in [4.78, 5) is 39.7. The number of nitrogens with zero attached hydrogens (tertiary/aromatic N) is 1. The van der Waals surface area contributed by atoms with E-state index in [1.54, 1.807) is 17.8 Å². The molecule has 31 heavy (non-hydrogen) atoms. The van der Waals surface area contributed by atoms with Crippen LogP contribution in [0, 0.1) is 6.92 Å². The molecule has 1 aliphatic heterocycles. The highest BCUT2D eigenvalue weighted by Gasteiger charge is 2.39. The summed E-state index contributed by atoms with van der Waals surface area (Å²) in [6, 6.07) is 20.6. The van der Waals surface area contributed by atoms with E-state index < -0.39 is 6.04 Å². The number of hydrogen-bond acceptors (Lipinski definition) is 5. The predicted octanol–water partition coefficient (Wildman–Crippen LogP) is 3.58. The Morgan fingerprint density at radius 2 is 1.77 bits per heavy atom. The van der Waals surface area contributed by atoms with Gasteiger partial charge in [-0.05, 0) is 42.0 Å². The van der Waals surface area contributed by atoms with Crippen LogP contribution in [0.5, 0.6) is 0 Å². The molecule has 1 aliphatic rings. The zero-order chi connectivity index (χ0) is 21.8. The highest BCUT2D eigenvalue weighted by atomic mass is 32.2. The lowest BCUT2D eigenvalue weighted by Gasteiger charge is -2.16. The molecule has 0 spiro atoms. The summed E-state index contributed by atoms with van der Waals surface area (Å²) >= 11 is 1.60. The number of carbonyl (C=O) groups excluding carboxylic acids is 3. The van der Waals surface area contributed by atoms with E-state index in [0.29, 0.717) is 17.9 Å². The molecule has 1 heterocycles. The molecule has 0 saturated carbocycles. The Morgan fingerprint density at radius 1 is 1.03 bits per heavy atom. The first-order valence-electron chi connectivity index (χ1n) is 10.1. The third-order valence-electron chi connectivity index (χ3n) is 5.14. The molecule has 4 rings (SSSR count). The standard InChI is InChI=1S/C24H23N3O3S/c1-16-6-10-20(11-7-16)31-13-12-22(28)26-25-21-15-23(29)27(24(21)30)19-9-8-17-4-2-3-5-18(17)14-19/h2-11,14,21,25H,12-13,15H2,1H3,(H,26,28). The summed E-state index contributed by atoms with van der Waals surface area (Å²) in [5, 5.41) is 1.99. The summed E-state index contributed by atoms with van der Waals surface area (Å²) in [5.74, 6) is -0.252. The van der Waals surface area contributed by atoms with E-state index in [1.807, 2.05) is 67.6 Å². The van der Waals surface area contributed by atoms with Crippen LogP contribution in [-0.2, 0) is 14.4 Å². The summed E-state index contributed by atoms with van der Waals surface area (Å²) < 4.78 is 0. The summed E-state index contributed by atoms with van der Waals surface area (Å²) in [7, 11) is 0. The fourth-order valence-electron chi connectivity index (χ4n) is 3.46. The zero-order valence-corrected chi connectivity index (χ0v) is 17.9. The van der Waals surface area contributed by atoms with Gasteiger partial charge in [0.15, 0.2) is 0 Å². The van der Waals surface area contributed by atoms with Crippen LogP contribution < -0.4 is 15.8 Å². The quantitative estimate of drug-likeness (QED) is 0.338. The van der Waals surface area contributed by atoms with Crippen molar-refractivity contribution in [3.05, 3.63) is 72.3 Å². The number of thioether (sulfide) groups is 1. The molecule has 0 bridgehead atoms. The van der Waals surface area contributed by atoms with Crippen LogP contribution in [0.25, 0.3) is 10.8 Å². The van der Waals surface area contributed by atoms with E-state index in [1.165, 1.54) is 10.5 Å². The van der Waals surface area contributed by atoms with Gasteiger partial charge in [-0.3, -0.25) is 19.8 Å². The zero-order valence-electron chi connectivity index (χ0n) is 17.1. The number of rotatable bonds is 7. The fourth-order valence-corrected chi connectivity index (χ4v) is 4.31. The van der Waals surface area contributed by atoms with Crippen LogP contribution in [0.15, 0.2) is 71.6 Å². The number of imide groups is 1. The Hall–Kier alpha value is -3.16. The molecule has 3 aromatic carbocycles. The monoisotopic (exact) mass is 433 g/mol. The van der Waals surface area contributed by atoms with Crippen molar-refractivity contribution in [3.63, 3.8) is 0 Å². The van der Waals surface area contributed by atoms with Crippen molar-refractivity contribution in [2.45, 2.75) is 30.7 Å². The van der Waals surface area contributed by atoms with E-state index in [4.69, 9.17) is 0 Å². The minimum absolute atomic E-state index is 0.00402. The Balaban J connectivity index is 1.30. The van der Waals surface area contributed by atoms with Crippen LogP contribution in [0.3, 0.4) is 0 Å². The van der Waals surface area contributed by atoms with Gasteiger partial charge in [0.1, 0.15) is 6.04 Å². The first kappa shape index (κ1) is 21.1. The third kappa shape index (κ3) is 4.95. The van der Waals surface area contributed by atoms with Crippen LogP contribution in [-0.4, -0.2) is 29.5 Å². The SMILES string of the molecule is Cc1ccc(SCCC(=O)NNC2CC(=O)N(c3ccc4ccccc4c3)C2=O)cc1. The lowest BCUT2D eigenvalue weighted by Crippen LogP contribution is -2.48. The van der Waals surface area contributed by atoms with E-state index >= 15 is 0 Å². The molecule has 0 radical (unpaired) electrons. The minimum atomic E-state index is -0.771. The highest BCUT2D eigenvalue weighted by Crippen LogP contribution is 2.26. The molecule has 7 heteroatoms. The van der Waals surface area contributed by atoms with Gasteiger partial charge in [-0.25, -0.2) is 10.3 Å². The maximum Gasteiger partial charge on any atom is 0.253 e. The number of fused-ring (bicyclic) bond motifs is 1. The van der Waals surface area contributed by atoms with Gasteiger partial charge in [0.25, 0.3) is 5.91 Å². The van der Waals surface area contributed by atoms with Crippen LogP contribution in [0.4, 0.5) is 5.69 Å². The molecule has 1 fully saturated rings. The number of amides is 3. The molecule has 3 amide bonds. The lowest BCUT2D eigenvalue weighted by molar-refractivity contribution is -0.123. The molecular weight excluding hydrogens is 410 g/mol. The Labute approximate surface area is 185 Å². The number of hydrogen-bond donors (Lipinski definition) is 2. The van der Waals surface area contributed by atoms with E-state index in [-0.39, 0.29) is 24.1 Å². The third-order valence-corrected chi connectivity index (χ3v) is 6.16. The molecule has 0 aromatic heterocycles. The van der Waals surface area contributed by atoms with Crippen molar-refractivity contribution in [2.24, 2.45) is 0 Å². The second-order valence-electron chi connectivity index (χ2n) is 7.46. The Bertz CT molecular complexity index is 1130. The van der Waals surface area contributed by atoms with E-state index in [2.05, 4.69) is 10.9 Å². The predicted molar refractivity (Wildman–Crippen MR) is 123 cm³/mol. The normalized spacial score (nSPS) is 16.2. The summed E-state index contributed by atoms with van der Waals surface area (Å²) in [6.07, 6.45) is 0.304. The molecule has 158 valence electrons. The van der Waals surface area contributed by atoms with Crippen molar-refractivity contribution in [1.29, 1.82) is 0 Å². The van der Waals surface area contributed by atoms with Crippen molar-refractivity contribution >= 4 is 45.9 Å². The maximum absolute atomic E-state index is 12.8. The second kappa shape index (κ2) is 9.32.